The Kier molecular flexibility index (Phi) is 8.58. The molecule has 2 aliphatic rings. The number of hydrogen-bond donors (Lipinski definition) is 3. The lowest BCUT2D eigenvalue weighted by molar-refractivity contribution is 0.0695. The molecule has 1 heterocycles. The van der Waals surface area contributed by atoms with E-state index in [9.17, 15) is 14.7 Å². The van der Waals surface area contributed by atoms with E-state index >= 15 is 0 Å². The van der Waals surface area contributed by atoms with E-state index in [1.807, 2.05) is 40.0 Å². The zero-order chi connectivity index (χ0) is 28.3. The largest absolute Gasteiger partial charge is 0.478 e. The second kappa shape index (κ2) is 11.9. The van der Waals surface area contributed by atoms with Gasteiger partial charge in [0, 0.05) is 60.9 Å². The zero-order valence-corrected chi connectivity index (χ0v) is 23.7. The van der Waals surface area contributed by atoms with Crippen molar-refractivity contribution in [1.29, 1.82) is 0 Å². The van der Waals surface area contributed by atoms with Crippen molar-refractivity contribution in [1.82, 2.24) is 5.32 Å². The maximum absolute atomic E-state index is 12.9. The average molecular weight is 530 g/mol. The van der Waals surface area contributed by atoms with Crippen molar-refractivity contribution >= 4 is 23.3 Å². The Morgan fingerprint density at radius 2 is 1.90 bits per heavy atom. The van der Waals surface area contributed by atoms with Crippen molar-refractivity contribution in [2.45, 2.75) is 53.4 Å². The van der Waals surface area contributed by atoms with Gasteiger partial charge in [0.1, 0.15) is 11.5 Å². The molecule has 7 nitrogen and oxygen atoms in total. The van der Waals surface area contributed by atoms with E-state index in [2.05, 4.69) is 41.6 Å². The molecule has 1 aliphatic heterocycles. The van der Waals surface area contributed by atoms with E-state index < -0.39 is 5.97 Å². The average Bonchev–Trinajstić information content (AvgIpc) is 2.92. The molecule has 4 rings (SSSR count). The maximum Gasteiger partial charge on any atom is 0.336 e. The molecule has 0 saturated carbocycles. The van der Waals surface area contributed by atoms with Crippen LogP contribution >= 0.6 is 0 Å². The molecular formula is C32H39N3O4. The number of carboxylic acids is 1. The van der Waals surface area contributed by atoms with Crippen LogP contribution in [0.4, 0.5) is 5.69 Å². The van der Waals surface area contributed by atoms with Gasteiger partial charge >= 0.3 is 5.97 Å². The van der Waals surface area contributed by atoms with Crippen LogP contribution in [0, 0.1) is 18.8 Å². The SMILES string of the molecule is CC/N=C1/C=C2Oc3cc(NC)c(C)cc3C(c3ccc(C(=O)NCCC(C)CC)cc3C(=O)O)C2C=C1C. The monoisotopic (exact) mass is 529 g/mol. The molecule has 0 radical (unpaired) electrons. The van der Waals surface area contributed by atoms with Crippen LogP contribution in [-0.2, 0) is 0 Å². The lowest BCUT2D eigenvalue weighted by atomic mass is 9.73. The topological polar surface area (TPSA) is 100 Å². The number of amides is 1. The van der Waals surface area contributed by atoms with Crippen LogP contribution in [0.2, 0.25) is 0 Å². The summed E-state index contributed by atoms with van der Waals surface area (Å²) in [5.41, 5.74) is 5.91. The fourth-order valence-corrected chi connectivity index (χ4v) is 5.37. The molecule has 0 spiro atoms. The van der Waals surface area contributed by atoms with Crippen molar-refractivity contribution < 1.29 is 19.4 Å². The van der Waals surface area contributed by atoms with Crippen molar-refractivity contribution in [3.63, 3.8) is 0 Å². The Balaban J connectivity index is 1.82. The summed E-state index contributed by atoms with van der Waals surface area (Å²) in [5, 5.41) is 16.5. The number of anilines is 1. The number of rotatable bonds is 9. The predicted molar refractivity (Wildman–Crippen MR) is 156 cm³/mol. The molecule has 2 aromatic carbocycles. The number of ether oxygens (including phenoxy) is 1. The summed E-state index contributed by atoms with van der Waals surface area (Å²) in [6, 6.07) is 9.08. The van der Waals surface area contributed by atoms with Gasteiger partial charge in [-0.25, -0.2) is 4.79 Å². The molecule has 1 amide bonds. The van der Waals surface area contributed by atoms with E-state index in [0.29, 0.717) is 35.9 Å². The highest BCUT2D eigenvalue weighted by Crippen LogP contribution is 2.50. The highest BCUT2D eigenvalue weighted by molar-refractivity contribution is 6.09. The summed E-state index contributed by atoms with van der Waals surface area (Å²) in [6.07, 6.45) is 6.02. The van der Waals surface area contributed by atoms with Crippen molar-refractivity contribution in [3.8, 4) is 5.75 Å². The van der Waals surface area contributed by atoms with Gasteiger partial charge in [-0.1, -0.05) is 32.4 Å². The number of carbonyl (C=O) groups excluding carboxylic acids is 1. The van der Waals surface area contributed by atoms with Gasteiger partial charge in [0.15, 0.2) is 0 Å². The third-order valence-corrected chi connectivity index (χ3v) is 7.82. The molecular weight excluding hydrogens is 490 g/mol. The van der Waals surface area contributed by atoms with E-state index in [-0.39, 0.29) is 23.3 Å². The first-order valence-corrected chi connectivity index (χ1v) is 13.8. The third kappa shape index (κ3) is 5.77. The number of hydrogen-bond acceptors (Lipinski definition) is 5. The molecule has 0 aromatic heterocycles. The Morgan fingerprint density at radius 3 is 2.56 bits per heavy atom. The predicted octanol–water partition coefficient (Wildman–Crippen LogP) is 6.35. The van der Waals surface area contributed by atoms with Crippen molar-refractivity contribution in [2.24, 2.45) is 16.8 Å². The van der Waals surface area contributed by atoms with Crippen LogP contribution in [-0.4, -0.2) is 42.8 Å². The summed E-state index contributed by atoms with van der Waals surface area (Å²) in [7, 11) is 1.87. The maximum atomic E-state index is 12.9. The summed E-state index contributed by atoms with van der Waals surface area (Å²) < 4.78 is 6.43. The number of nitrogens with zero attached hydrogens (tertiary/aromatic N) is 1. The van der Waals surface area contributed by atoms with Gasteiger partial charge in [-0.05, 0) is 68.0 Å². The van der Waals surface area contributed by atoms with Crippen molar-refractivity contribution in [3.05, 3.63) is 81.6 Å². The van der Waals surface area contributed by atoms with Crippen LogP contribution in [0.15, 0.2) is 58.8 Å². The Morgan fingerprint density at radius 1 is 1.13 bits per heavy atom. The van der Waals surface area contributed by atoms with Crippen LogP contribution in [0.3, 0.4) is 0 Å². The van der Waals surface area contributed by atoms with E-state index in [4.69, 9.17) is 4.74 Å². The van der Waals surface area contributed by atoms with E-state index in [1.165, 1.54) is 6.07 Å². The number of carbonyl (C=O) groups is 2. The summed E-state index contributed by atoms with van der Waals surface area (Å²) in [5.74, 6) is 0.0938. The minimum atomic E-state index is -1.06. The number of allylic oxidation sites excluding steroid dienone is 3. The molecule has 39 heavy (non-hydrogen) atoms. The van der Waals surface area contributed by atoms with Gasteiger partial charge in [0.25, 0.3) is 5.91 Å². The smallest absolute Gasteiger partial charge is 0.336 e. The standard InChI is InChI=1S/C32H39N3O4/c1-7-18(3)11-12-35-31(36)21-9-10-22(23(15-21)32(37)38)30-24-13-19(4)26(33-6)16-28(24)39-29-17-27(34-8-2)20(5)14-25(29)30/h9-10,13-18,25,30,33H,7-8,11-12H2,1-6H3,(H,35,36)(H,37,38)/b34-27-. The van der Waals surface area contributed by atoms with Crippen LogP contribution < -0.4 is 15.4 Å². The van der Waals surface area contributed by atoms with Gasteiger partial charge in [-0.2, -0.15) is 0 Å². The highest BCUT2D eigenvalue weighted by atomic mass is 16.5. The molecule has 3 unspecified atom stereocenters. The number of aromatic carboxylic acids is 1. The fourth-order valence-electron chi connectivity index (χ4n) is 5.37. The lowest BCUT2D eigenvalue weighted by Gasteiger charge is -2.37. The minimum Gasteiger partial charge on any atom is -0.478 e. The van der Waals surface area contributed by atoms with Gasteiger partial charge < -0.3 is 20.5 Å². The van der Waals surface area contributed by atoms with E-state index in [1.54, 1.807) is 12.1 Å². The van der Waals surface area contributed by atoms with Gasteiger partial charge in [0.05, 0.1) is 11.3 Å². The number of fused-ring (bicyclic) bond motifs is 2. The zero-order valence-electron chi connectivity index (χ0n) is 23.7. The quantitative estimate of drug-likeness (QED) is 0.352. The first kappa shape index (κ1) is 28.1. The molecule has 1 aliphatic carbocycles. The molecule has 0 fully saturated rings. The molecule has 3 N–H and O–H groups in total. The summed E-state index contributed by atoms with van der Waals surface area (Å²) in [6.45, 7) is 11.5. The van der Waals surface area contributed by atoms with Gasteiger partial charge in [-0.15, -0.1) is 0 Å². The fraction of sp³-hybridized carbons (Fsp3) is 0.406. The summed E-state index contributed by atoms with van der Waals surface area (Å²) >= 11 is 0. The normalized spacial score (nSPS) is 19.7. The molecule has 2 aromatic rings. The van der Waals surface area contributed by atoms with Crippen LogP contribution in [0.1, 0.15) is 83.9 Å². The van der Waals surface area contributed by atoms with Crippen LogP contribution in [0.25, 0.3) is 0 Å². The molecule has 206 valence electrons. The first-order valence-electron chi connectivity index (χ1n) is 13.8. The van der Waals surface area contributed by atoms with Crippen molar-refractivity contribution in [2.75, 3.05) is 25.5 Å². The summed E-state index contributed by atoms with van der Waals surface area (Å²) in [4.78, 5) is 30.1. The molecule has 3 atom stereocenters. The Bertz CT molecular complexity index is 1370. The second-order valence-corrected chi connectivity index (χ2v) is 10.5. The highest BCUT2D eigenvalue weighted by Gasteiger charge is 2.39. The minimum absolute atomic E-state index is 0.121. The van der Waals surface area contributed by atoms with Gasteiger partial charge in [-0.3, -0.25) is 9.79 Å². The number of carboxylic acid groups (broad SMARTS) is 1. The van der Waals surface area contributed by atoms with Crippen LogP contribution in [0.5, 0.6) is 5.75 Å². The number of aliphatic imine (C=N–C) groups is 1. The second-order valence-electron chi connectivity index (χ2n) is 10.5. The van der Waals surface area contributed by atoms with Gasteiger partial charge in [0.2, 0.25) is 0 Å². The molecule has 0 bridgehead atoms. The number of aryl methyl sites for hydroxylation is 1. The van der Waals surface area contributed by atoms with E-state index in [0.717, 1.165) is 46.7 Å². The molecule has 0 saturated heterocycles. The number of nitrogens with one attached hydrogen (secondary N) is 2. The number of benzene rings is 2. The lowest BCUT2D eigenvalue weighted by Crippen LogP contribution is -2.29. The first-order chi connectivity index (χ1) is 18.7. The third-order valence-electron chi connectivity index (χ3n) is 7.82. The Labute approximate surface area is 231 Å². The molecule has 7 heteroatoms. The Hall–Kier alpha value is -3.87.